The molecule has 20 heavy (non-hydrogen) atoms. The van der Waals surface area contributed by atoms with Crippen molar-refractivity contribution in [3.05, 3.63) is 34.1 Å². The lowest BCUT2D eigenvalue weighted by Crippen LogP contribution is -2.51. The SMILES string of the molecule is CCOC(=O)C(C)(N)COc1ccc([N+](=O)[O-])cc1F. The number of ether oxygens (including phenoxy) is 2. The van der Waals surface area contributed by atoms with E-state index in [1.165, 1.54) is 6.92 Å². The third-order valence-electron chi connectivity index (χ3n) is 2.40. The lowest BCUT2D eigenvalue weighted by Gasteiger charge is -2.22. The van der Waals surface area contributed by atoms with Crippen LogP contribution in [-0.4, -0.2) is 29.6 Å². The molecule has 0 aromatic heterocycles. The number of halogens is 1. The first-order chi connectivity index (χ1) is 9.27. The number of nitro benzene ring substituents is 1. The molecule has 2 N–H and O–H groups in total. The Bertz CT molecular complexity index is 519. The Morgan fingerprint density at radius 1 is 1.55 bits per heavy atom. The zero-order valence-electron chi connectivity index (χ0n) is 11.1. The molecule has 0 saturated heterocycles. The third kappa shape index (κ3) is 3.89. The Labute approximate surface area is 114 Å². The van der Waals surface area contributed by atoms with E-state index in [0.29, 0.717) is 0 Å². The highest BCUT2D eigenvalue weighted by molar-refractivity contribution is 5.80. The number of carbonyl (C=O) groups is 1. The summed E-state index contributed by atoms with van der Waals surface area (Å²) >= 11 is 0. The molecule has 1 aromatic rings. The Hall–Kier alpha value is -2.22. The van der Waals surface area contributed by atoms with Crippen molar-refractivity contribution in [3.63, 3.8) is 0 Å². The highest BCUT2D eigenvalue weighted by Crippen LogP contribution is 2.23. The minimum absolute atomic E-state index is 0.164. The lowest BCUT2D eigenvalue weighted by molar-refractivity contribution is -0.385. The predicted octanol–water partition coefficient (Wildman–Crippen LogP) is 1.39. The maximum atomic E-state index is 13.5. The topological polar surface area (TPSA) is 105 Å². The van der Waals surface area contributed by atoms with E-state index in [9.17, 15) is 19.3 Å². The van der Waals surface area contributed by atoms with Gasteiger partial charge in [-0.05, 0) is 19.9 Å². The minimum Gasteiger partial charge on any atom is -0.488 e. The molecule has 110 valence electrons. The van der Waals surface area contributed by atoms with Crippen LogP contribution >= 0.6 is 0 Å². The van der Waals surface area contributed by atoms with Crippen molar-refractivity contribution in [2.24, 2.45) is 5.73 Å². The number of hydrogen-bond donors (Lipinski definition) is 1. The fourth-order valence-electron chi connectivity index (χ4n) is 1.30. The van der Waals surface area contributed by atoms with Gasteiger partial charge in [-0.25, -0.2) is 9.18 Å². The number of benzene rings is 1. The Morgan fingerprint density at radius 3 is 2.70 bits per heavy atom. The van der Waals surface area contributed by atoms with Gasteiger partial charge in [0.1, 0.15) is 12.1 Å². The van der Waals surface area contributed by atoms with Crippen molar-refractivity contribution in [1.29, 1.82) is 0 Å². The van der Waals surface area contributed by atoms with E-state index in [0.717, 1.165) is 18.2 Å². The maximum absolute atomic E-state index is 13.5. The fraction of sp³-hybridized carbons (Fsp3) is 0.417. The standard InChI is InChI=1S/C12H15FN2O5/c1-3-19-11(16)12(2,14)7-20-10-5-4-8(15(17)18)6-9(10)13/h4-6H,3,7,14H2,1-2H3. The lowest BCUT2D eigenvalue weighted by atomic mass is 10.1. The monoisotopic (exact) mass is 286 g/mol. The highest BCUT2D eigenvalue weighted by atomic mass is 19.1. The number of esters is 1. The van der Waals surface area contributed by atoms with Gasteiger partial charge in [-0.15, -0.1) is 0 Å². The van der Waals surface area contributed by atoms with E-state index in [4.69, 9.17) is 15.2 Å². The van der Waals surface area contributed by atoms with Crippen LogP contribution < -0.4 is 10.5 Å². The van der Waals surface area contributed by atoms with E-state index in [1.807, 2.05) is 0 Å². The molecule has 0 aliphatic heterocycles. The van der Waals surface area contributed by atoms with E-state index < -0.39 is 27.9 Å². The average Bonchev–Trinajstić information content (AvgIpc) is 2.37. The van der Waals surface area contributed by atoms with Crippen molar-refractivity contribution in [1.82, 2.24) is 0 Å². The molecular weight excluding hydrogens is 271 g/mol. The first-order valence-electron chi connectivity index (χ1n) is 5.80. The second kappa shape index (κ2) is 6.29. The van der Waals surface area contributed by atoms with Gasteiger partial charge < -0.3 is 15.2 Å². The Morgan fingerprint density at radius 2 is 2.20 bits per heavy atom. The third-order valence-corrected chi connectivity index (χ3v) is 2.40. The molecule has 1 atom stereocenters. The molecule has 0 radical (unpaired) electrons. The van der Waals surface area contributed by atoms with Crippen LogP contribution in [0.4, 0.5) is 10.1 Å². The summed E-state index contributed by atoms with van der Waals surface area (Å²) in [6.07, 6.45) is 0. The first-order valence-corrected chi connectivity index (χ1v) is 5.80. The summed E-state index contributed by atoms with van der Waals surface area (Å²) in [6, 6.07) is 2.93. The summed E-state index contributed by atoms with van der Waals surface area (Å²) in [4.78, 5) is 21.2. The number of hydrogen-bond acceptors (Lipinski definition) is 6. The molecule has 8 heteroatoms. The van der Waals surface area contributed by atoms with Gasteiger partial charge in [0.25, 0.3) is 5.69 Å². The normalized spacial score (nSPS) is 13.4. The van der Waals surface area contributed by atoms with Crippen LogP contribution in [0.2, 0.25) is 0 Å². The van der Waals surface area contributed by atoms with Crippen LogP contribution in [0.1, 0.15) is 13.8 Å². The van der Waals surface area contributed by atoms with E-state index in [1.54, 1.807) is 6.92 Å². The van der Waals surface area contributed by atoms with Crippen LogP contribution in [0.5, 0.6) is 5.75 Å². The summed E-state index contributed by atoms with van der Waals surface area (Å²) < 4.78 is 23.4. The van der Waals surface area contributed by atoms with Crippen LogP contribution in [0.25, 0.3) is 0 Å². The summed E-state index contributed by atoms with van der Waals surface area (Å²) in [6.45, 7) is 2.86. The van der Waals surface area contributed by atoms with Crippen molar-refractivity contribution >= 4 is 11.7 Å². The van der Waals surface area contributed by atoms with Crippen LogP contribution in [0, 0.1) is 15.9 Å². The zero-order chi connectivity index (χ0) is 15.3. The molecule has 0 bridgehead atoms. The second-order valence-electron chi connectivity index (χ2n) is 4.30. The molecule has 0 spiro atoms. The molecule has 1 unspecified atom stereocenters. The fourth-order valence-corrected chi connectivity index (χ4v) is 1.30. The molecule has 0 amide bonds. The van der Waals surface area contributed by atoms with Gasteiger partial charge in [0.2, 0.25) is 0 Å². The van der Waals surface area contributed by atoms with Crippen molar-refractivity contribution in [3.8, 4) is 5.75 Å². The smallest absolute Gasteiger partial charge is 0.329 e. The number of nitrogens with zero attached hydrogens (tertiary/aromatic N) is 1. The summed E-state index contributed by atoms with van der Waals surface area (Å²) in [5, 5.41) is 10.5. The summed E-state index contributed by atoms with van der Waals surface area (Å²) in [7, 11) is 0. The van der Waals surface area contributed by atoms with E-state index in [2.05, 4.69) is 0 Å². The van der Waals surface area contributed by atoms with Gasteiger partial charge >= 0.3 is 5.97 Å². The summed E-state index contributed by atoms with van der Waals surface area (Å²) in [5.74, 6) is -1.81. The highest BCUT2D eigenvalue weighted by Gasteiger charge is 2.31. The Balaban J connectivity index is 2.75. The number of rotatable bonds is 6. The van der Waals surface area contributed by atoms with Crippen molar-refractivity contribution in [2.75, 3.05) is 13.2 Å². The molecule has 0 fully saturated rings. The van der Waals surface area contributed by atoms with Crippen molar-refractivity contribution in [2.45, 2.75) is 19.4 Å². The van der Waals surface area contributed by atoms with Crippen LogP contribution in [-0.2, 0) is 9.53 Å². The largest absolute Gasteiger partial charge is 0.488 e. The molecule has 0 saturated carbocycles. The molecule has 1 rings (SSSR count). The molecule has 0 aliphatic rings. The number of carbonyl (C=O) groups excluding carboxylic acids is 1. The second-order valence-corrected chi connectivity index (χ2v) is 4.30. The van der Waals surface area contributed by atoms with Gasteiger partial charge in [-0.2, -0.15) is 0 Å². The Kier molecular flexibility index (Phi) is 4.98. The number of nitrogens with two attached hydrogens (primary N) is 1. The van der Waals surface area contributed by atoms with Gasteiger partial charge in [0.05, 0.1) is 17.6 Å². The summed E-state index contributed by atoms with van der Waals surface area (Å²) in [5.41, 5.74) is 3.86. The van der Waals surface area contributed by atoms with Crippen LogP contribution in [0.3, 0.4) is 0 Å². The molecular formula is C12H15FN2O5. The van der Waals surface area contributed by atoms with Crippen LogP contribution in [0.15, 0.2) is 18.2 Å². The molecule has 0 aliphatic carbocycles. The molecule has 0 heterocycles. The maximum Gasteiger partial charge on any atom is 0.329 e. The minimum atomic E-state index is -1.44. The molecule has 1 aromatic carbocycles. The zero-order valence-corrected chi connectivity index (χ0v) is 11.1. The number of non-ortho nitro benzene ring substituents is 1. The number of nitro groups is 1. The van der Waals surface area contributed by atoms with Gasteiger partial charge in [-0.3, -0.25) is 10.1 Å². The first kappa shape index (κ1) is 15.8. The van der Waals surface area contributed by atoms with E-state index >= 15 is 0 Å². The van der Waals surface area contributed by atoms with Gasteiger partial charge in [-0.1, -0.05) is 0 Å². The molecule has 7 nitrogen and oxygen atoms in total. The van der Waals surface area contributed by atoms with Gasteiger partial charge in [0, 0.05) is 6.07 Å². The van der Waals surface area contributed by atoms with E-state index in [-0.39, 0.29) is 19.0 Å². The van der Waals surface area contributed by atoms with Gasteiger partial charge in [0.15, 0.2) is 11.6 Å². The average molecular weight is 286 g/mol. The van der Waals surface area contributed by atoms with Crippen molar-refractivity contribution < 1.29 is 23.6 Å². The quantitative estimate of drug-likeness (QED) is 0.481. The predicted molar refractivity (Wildman–Crippen MR) is 67.8 cm³/mol.